The Balaban J connectivity index is 1.47. The summed E-state index contributed by atoms with van der Waals surface area (Å²) in [5.74, 6) is 1.83. The van der Waals surface area contributed by atoms with E-state index in [0.717, 1.165) is 43.0 Å². The zero-order chi connectivity index (χ0) is 20.5. The highest BCUT2D eigenvalue weighted by Crippen LogP contribution is 2.28. The second-order valence-corrected chi connectivity index (χ2v) is 7.87. The monoisotopic (exact) mass is 397 g/mol. The topological polar surface area (TPSA) is 92.4 Å². The molecule has 0 radical (unpaired) electrons. The van der Waals surface area contributed by atoms with E-state index in [1.165, 1.54) is 0 Å². The van der Waals surface area contributed by atoms with Gasteiger partial charge >= 0.3 is 0 Å². The van der Waals surface area contributed by atoms with Crippen molar-refractivity contribution in [1.29, 1.82) is 0 Å². The molecule has 0 aliphatic carbocycles. The van der Waals surface area contributed by atoms with Gasteiger partial charge in [-0.2, -0.15) is 0 Å². The number of rotatable bonds is 3. The molecule has 1 fully saturated rings. The fraction of sp³-hybridized carbons (Fsp3) is 0.571. The van der Waals surface area contributed by atoms with Crippen LogP contribution in [0.2, 0.25) is 0 Å². The summed E-state index contributed by atoms with van der Waals surface area (Å²) >= 11 is 0. The average molecular weight is 397 g/mol. The molecule has 2 aliphatic rings. The number of carbonyl (C=O) groups is 2. The van der Waals surface area contributed by atoms with Crippen LogP contribution >= 0.6 is 0 Å². The van der Waals surface area contributed by atoms with Crippen LogP contribution in [0.5, 0.6) is 0 Å². The van der Waals surface area contributed by atoms with Gasteiger partial charge in [0.25, 0.3) is 5.91 Å². The summed E-state index contributed by atoms with van der Waals surface area (Å²) in [7, 11) is 0. The van der Waals surface area contributed by atoms with Crippen LogP contribution in [0.3, 0.4) is 0 Å². The van der Waals surface area contributed by atoms with Crippen molar-refractivity contribution in [2.75, 3.05) is 19.6 Å². The Kier molecular flexibility index (Phi) is 5.34. The van der Waals surface area contributed by atoms with Crippen molar-refractivity contribution >= 4 is 11.8 Å². The Morgan fingerprint density at radius 2 is 1.97 bits per heavy atom. The summed E-state index contributed by atoms with van der Waals surface area (Å²) < 4.78 is 5.23. The molecule has 154 valence electrons. The second-order valence-electron chi connectivity index (χ2n) is 7.87. The molecule has 2 amide bonds. The van der Waals surface area contributed by atoms with Gasteiger partial charge in [0.1, 0.15) is 17.1 Å². The highest BCUT2D eigenvalue weighted by atomic mass is 16.5. The molecule has 1 saturated heterocycles. The van der Waals surface area contributed by atoms with Gasteiger partial charge in [-0.15, -0.1) is 0 Å². The van der Waals surface area contributed by atoms with Crippen LogP contribution in [0.15, 0.2) is 10.7 Å². The molecule has 0 N–H and O–H groups in total. The lowest BCUT2D eigenvalue weighted by Gasteiger charge is -2.32. The van der Waals surface area contributed by atoms with E-state index in [9.17, 15) is 9.59 Å². The molecule has 4 heterocycles. The molecule has 0 aromatic carbocycles. The molecule has 0 spiro atoms. The minimum Gasteiger partial charge on any atom is -0.361 e. The highest BCUT2D eigenvalue weighted by Gasteiger charge is 2.29. The number of likely N-dealkylation sites (tertiary alicyclic amines) is 1. The Labute approximate surface area is 170 Å². The van der Waals surface area contributed by atoms with Crippen LogP contribution in [0, 0.1) is 6.92 Å². The maximum Gasteiger partial charge on any atom is 0.259 e. The molecule has 2 aliphatic heterocycles. The van der Waals surface area contributed by atoms with Gasteiger partial charge in [0.2, 0.25) is 5.91 Å². The third kappa shape index (κ3) is 3.75. The van der Waals surface area contributed by atoms with Gasteiger partial charge in [0.15, 0.2) is 0 Å². The highest BCUT2D eigenvalue weighted by molar-refractivity contribution is 5.96. The lowest BCUT2D eigenvalue weighted by molar-refractivity contribution is -0.129. The summed E-state index contributed by atoms with van der Waals surface area (Å²) in [6.07, 6.45) is 5.05. The number of nitrogens with zero attached hydrogens (tertiary/aromatic N) is 5. The number of aryl methyl sites for hydroxylation is 2. The van der Waals surface area contributed by atoms with E-state index in [1.807, 2.05) is 22.9 Å². The molecule has 0 unspecified atom stereocenters. The van der Waals surface area contributed by atoms with E-state index in [1.54, 1.807) is 13.8 Å². The van der Waals surface area contributed by atoms with Gasteiger partial charge in [0, 0.05) is 57.2 Å². The summed E-state index contributed by atoms with van der Waals surface area (Å²) in [6, 6.07) is 0. The minimum atomic E-state index is -0.0352. The molecular weight excluding hydrogens is 370 g/mol. The Morgan fingerprint density at radius 1 is 1.21 bits per heavy atom. The zero-order valence-electron chi connectivity index (χ0n) is 17.3. The van der Waals surface area contributed by atoms with Gasteiger partial charge in [-0.05, 0) is 26.2 Å². The lowest BCUT2D eigenvalue weighted by Crippen LogP contribution is -2.38. The lowest BCUT2D eigenvalue weighted by atomic mass is 9.95. The Bertz CT molecular complexity index is 930. The fourth-order valence-corrected chi connectivity index (χ4v) is 4.25. The van der Waals surface area contributed by atoms with E-state index in [0.29, 0.717) is 48.9 Å². The number of aromatic nitrogens is 3. The van der Waals surface area contributed by atoms with Crippen LogP contribution in [0.4, 0.5) is 0 Å². The maximum absolute atomic E-state index is 13.0. The smallest absolute Gasteiger partial charge is 0.259 e. The van der Waals surface area contributed by atoms with Gasteiger partial charge in [0.05, 0.1) is 11.4 Å². The first-order valence-corrected chi connectivity index (χ1v) is 10.3. The first kappa shape index (κ1) is 19.5. The number of piperidine rings is 1. The summed E-state index contributed by atoms with van der Waals surface area (Å²) in [4.78, 5) is 37.7. The van der Waals surface area contributed by atoms with Crippen molar-refractivity contribution in [3.05, 3.63) is 40.3 Å². The predicted octanol–water partition coefficient (Wildman–Crippen LogP) is 2.26. The zero-order valence-corrected chi connectivity index (χ0v) is 17.3. The van der Waals surface area contributed by atoms with Crippen LogP contribution in [-0.4, -0.2) is 56.4 Å². The Hall–Kier alpha value is -2.77. The molecule has 8 nitrogen and oxygen atoms in total. The first-order valence-electron chi connectivity index (χ1n) is 10.3. The molecule has 29 heavy (non-hydrogen) atoms. The van der Waals surface area contributed by atoms with Crippen molar-refractivity contribution in [2.24, 2.45) is 0 Å². The molecule has 2 aromatic heterocycles. The molecule has 0 bridgehead atoms. The van der Waals surface area contributed by atoms with Gasteiger partial charge < -0.3 is 14.3 Å². The number of amides is 2. The van der Waals surface area contributed by atoms with E-state index in [-0.39, 0.29) is 11.8 Å². The quantitative estimate of drug-likeness (QED) is 0.789. The van der Waals surface area contributed by atoms with Crippen LogP contribution < -0.4 is 0 Å². The second kappa shape index (κ2) is 7.93. The van der Waals surface area contributed by atoms with E-state index < -0.39 is 0 Å². The van der Waals surface area contributed by atoms with E-state index in [4.69, 9.17) is 9.51 Å². The van der Waals surface area contributed by atoms with Crippen LogP contribution in [-0.2, 0) is 24.2 Å². The molecule has 2 aromatic rings. The van der Waals surface area contributed by atoms with Crippen molar-refractivity contribution in [1.82, 2.24) is 24.9 Å². The van der Waals surface area contributed by atoms with E-state index >= 15 is 0 Å². The normalized spacial score (nSPS) is 17.3. The maximum atomic E-state index is 13.0. The van der Waals surface area contributed by atoms with Gasteiger partial charge in [-0.1, -0.05) is 12.1 Å². The van der Waals surface area contributed by atoms with Crippen molar-refractivity contribution in [2.45, 2.75) is 58.9 Å². The largest absolute Gasteiger partial charge is 0.361 e. The molecule has 4 rings (SSSR count). The Morgan fingerprint density at radius 3 is 2.66 bits per heavy atom. The summed E-state index contributed by atoms with van der Waals surface area (Å²) in [5.41, 5.74) is 3.33. The van der Waals surface area contributed by atoms with Crippen LogP contribution in [0.25, 0.3) is 0 Å². The first-order chi connectivity index (χ1) is 14.0. The molecule has 0 atom stereocenters. The van der Waals surface area contributed by atoms with E-state index in [2.05, 4.69) is 10.1 Å². The third-order valence-corrected chi connectivity index (χ3v) is 6.03. The standard InChI is InChI=1S/C21H27N5O3/c1-4-17-19(13(2)29-24-17)21(28)26-10-7-18-16(12-26)11-22-20(23-18)15-5-8-25(9-6-15)14(3)27/h11,15H,4-10,12H2,1-3H3. The summed E-state index contributed by atoms with van der Waals surface area (Å²) in [5, 5.41) is 4.00. The predicted molar refractivity (Wildman–Crippen MR) is 105 cm³/mol. The molecular formula is C21H27N5O3. The van der Waals surface area contributed by atoms with Crippen LogP contribution in [0.1, 0.15) is 71.5 Å². The number of fused-ring (bicyclic) bond motifs is 1. The molecule has 8 heteroatoms. The minimum absolute atomic E-state index is 0.0352. The van der Waals surface area contributed by atoms with Gasteiger partial charge in [-0.25, -0.2) is 9.97 Å². The third-order valence-electron chi connectivity index (χ3n) is 6.03. The molecule has 0 saturated carbocycles. The number of hydrogen-bond donors (Lipinski definition) is 0. The summed E-state index contributed by atoms with van der Waals surface area (Å²) in [6.45, 7) is 8.03. The van der Waals surface area contributed by atoms with Crippen molar-refractivity contribution in [3.8, 4) is 0 Å². The van der Waals surface area contributed by atoms with Crippen molar-refractivity contribution < 1.29 is 14.1 Å². The average Bonchev–Trinajstić information content (AvgIpc) is 3.13. The SMILES string of the molecule is CCc1noc(C)c1C(=O)N1CCc2nc(C3CCN(C(C)=O)CC3)ncc2C1. The number of carbonyl (C=O) groups excluding carboxylic acids is 2. The number of hydrogen-bond acceptors (Lipinski definition) is 6. The fourth-order valence-electron chi connectivity index (χ4n) is 4.25. The van der Waals surface area contributed by atoms with Crippen molar-refractivity contribution in [3.63, 3.8) is 0 Å². The van der Waals surface area contributed by atoms with Gasteiger partial charge in [-0.3, -0.25) is 9.59 Å².